The molecule has 1 aromatic carbocycles. The lowest BCUT2D eigenvalue weighted by Crippen LogP contribution is -2.47. The Balaban J connectivity index is 1.40. The standard InChI is InChI=1S/C19H26N2O3/c1-14-11-21(12-17(14)20-6-8-23-9-7-20)19(22)16-10-15-4-2-3-5-18(15)24-13-16/h2-5,14,16-17H,6-13H2,1H3/t14-,16+,17+/m1/s1. The number of carbonyl (C=O) groups is 1. The fourth-order valence-electron chi connectivity index (χ4n) is 4.26. The number of ether oxygens (including phenoxy) is 2. The number of carbonyl (C=O) groups excluding carboxylic acids is 1. The minimum Gasteiger partial charge on any atom is -0.492 e. The van der Waals surface area contributed by atoms with Gasteiger partial charge in [0.2, 0.25) is 5.91 Å². The van der Waals surface area contributed by atoms with E-state index in [9.17, 15) is 4.79 Å². The average Bonchev–Trinajstić information content (AvgIpc) is 3.03. The molecule has 0 radical (unpaired) electrons. The number of likely N-dealkylation sites (tertiary alicyclic amines) is 1. The van der Waals surface area contributed by atoms with Gasteiger partial charge in [0, 0.05) is 32.2 Å². The largest absolute Gasteiger partial charge is 0.492 e. The molecule has 0 spiro atoms. The van der Waals surface area contributed by atoms with Crippen LogP contribution in [0, 0.1) is 11.8 Å². The van der Waals surface area contributed by atoms with Crippen LogP contribution in [0.1, 0.15) is 12.5 Å². The second kappa shape index (κ2) is 6.73. The van der Waals surface area contributed by atoms with Crippen LogP contribution in [-0.2, 0) is 16.0 Å². The number of benzene rings is 1. The van der Waals surface area contributed by atoms with Gasteiger partial charge in [-0.15, -0.1) is 0 Å². The molecule has 5 nitrogen and oxygen atoms in total. The number of hydrogen-bond acceptors (Lipinski definition) is 4. The number of morpholine rings is 1. The molecule has 24 heavy (non-hydrogen) atoms. The highest BCUT2D eigenvalue weighted by Crippen LogP contribution is 2.30. The van der Waals surface area contributed by atoms with Crippen LogP contribution in [0.2, 0.25) is 0 Å². The Kier molecular flexibility index (Phi) is 4.46. The van der Waals surface area contributed by atoms with Crippen molar-refractivity contribution in [2.24, 2.45) is 11.8 Å². The van der Waals surface area contributed by atoms with Crippen molar-refractivity contribution in [3.8, 4) is 5.75 Å². The maximum absolute atomic E-state index is 13.0. The molecule has 3 aliphatic heterocycles. The van der Waals surface area contributed by atoms with Crippen molar-refractivity contribution >= 4 is 5.91 Å². The molecule has 1 aromatic rings. The summed E-state index contributed by atoms with van der Waals surface area (Å²) in [7, 11) is 0. The minimum absolute atomic E-state index is 0.0458. The van der Waals surface area contributed by atoms with Gasteiger partial charge in [-0.2, -0.15) is 0 Å². The van der Waals surface area contributed by atoms with Crippen LogP contribution in [0.5, 0.6) is 5.75 Å². The van der Waals surface area contributed by atoms with Crippen molar-refractivity contribution < 1.29 is 14.3 Å². The third kappa shape index (κ3) is 3.03. The molecule has 5 heteroatoms. The zero-order valence-corrected chi connectivity index (χ0v) is 14.3. The first-order valence-corrected chi connectivity index (χ1v) is 9.03. The highest BCUT2D eigenvalue weighted by atomic mass is 16.5. The van der Waals surface area contributed by atoms with E-state index in [4.69, 9.17) is 9.47 Å². The molecular formula is C19H26N2O3. The molecule has 0 aliphatic carbocycles. The summed E-state index contributed by atoms with van der Waals surface area (Å²) in [5.74, 6) is 1.66. The molecule has 2 fully saturated rings. The Morgan fingerprint density at radius 3 is 2.79 bits per heavy atom. The van der Waals surface area contributed by atoms with Crippen molar-refractivity contribution in [2.75, 3.05) is 46.0 Å². The van der Waals surface area contributed by atoms with Crippen LogP contribution < -0.4 is 4.74 Å². The Morgan fingerprint density at radius 2 is 1.96 bits per heavy atom. The first-order chi connectivity index (χ1) is 11.7. The second-order valence-electron chi connectivity index (χ2n) is 7.26. The maximum atomic E-state index is 13.0. The van der Waals surface area contributed by atoms with Crippen LogP contribution >= 0.6 is 0 Å². The number of nitrogens with zero attached hydrogens (tertiary/aromatic N) is 2. The smallest absolute Gasteiger partial charge is 0.229 e. The Labute approximate surface area is 143 Å². The number of amides is 1. The molecule has 3 aliphatic rings. The van der Waals surface area contributed by atoms with Crippen LogP contribution in [0.15, 0.2) is 24.3 Å². The summed E-state index contributed by atoms with van der Waals surface area (Å²) in [5.41, 5.74) is 1.15. The fourth-order valence-corrected chi connectivity index (χ4v) is 4.26. The topological polar surface area (TPSA) is 42.0 Å². The Bertz CT molecular complexity index is 600. The number of fused-ring (bicyclic) bond motifs is 1. The number of para-hydroxylation sites is 1. The van der Waals surface area contributed by atoms with E-state index in [1.165, 1.54) is 0 Å². The zero-order valence-electron chi connectivity index (χ0n) is 14.3. The summed E-state index contributed by atoms with van der Waals surface area (Å²) >= 11 is 0. The van der Waals surface area contributed by atoms with Crippen LogP contribution in [0.4, 0.5) is 0 Å². The van der Waals surface area contributed by atoms with Crippen molar-refractivity contribution in [3.05, 3.63) is 29.8 Å². The van der Waals surface area contributed by atoms with E-state index in [0.29, 0.717) is 18.6 Å². The second-order valence-corrected chi connectivity index (χ2v) is 7.26. The molecule has 0 bridgehead atoms. The summed E-state index contributed by atoms with van der Waals surface area (Å²) in [6, 6.07) is 8.52. The lowest BCUT2D eigenvalue weighted by molar-refractivity contribution is -0.136. The third-order valence-electron chi connectivity index (χ3n) is 5.63. The summed E-state index contributed by atoms with van der Waals surface area (Å²) in [4.78, 5) is 17.5. The van der Waals surface area contributed by atoms with E-state index in [1.54, 1.807) is 0 Å². The predicted molar refractivity (Wildman–Crippen MR) is 91.1 cm³/mol. The number of rotatable bonds is 2. The van der Waals surface area contributed by atoms with Crippen LogP contribution in [-0.4, -0.2) is 67.7 Å². The van der Waals surface area contributed by atoms with E-state index in [1.807, 2.05) is 18.2 Å². The van der Waals surface area contributed by atoms with Gasteiger partial charge in [0.25, 0.3) is 0 Å². The molecule has 1 amide bonds. The molecule has 3 heterocycles. The summed E-state index contributed by atoms with van der Waals surface area (Å²) < 4.78 is 11.3. The van der Waals surface area contributed by atoms with Gasteiger partial charge < -0.3 is 14.4 Å². The van der Waals surface area contributed by atoms with Gasteiger partial charge in [0.15, 0.2) is 0 Å². The van der Waals surface area contributed by atoms with Crippen molar-refractivity contribution in [2.45, 2.75) is 19.4 Å². The normalized spacial score (nSPS) is 30.7. The molecular weight excluding hydrogens is 304 g/mol. The lowest BCUT2D eigenvalue weighted by Gasteiger charge is -2.34. The first-order valence-electron chi connectivity index (χ1n) is 9.03. The lowest BCUT2D eigenvalue weighted by atomic mass is 9.95. The average molecular weight is 330 g/mol. The molecule has 0 aromatic heterocycles. The van der Waals surface area contributed by atoms with Gasteiger partial charge in [-0.05, 0) is 24.0 Å². The van der Waals surface area contributed by atoms with E-state index >= 15 is 0 Å². The maximum Gasteiger partial charge on any atom is 0.229 e. The minimum atomic E-state index is -0.0458. The summed E-state index contributed by atoms with van der Waals surface area (Å²) in [6.07, 6.45) is 0.794. The highest BCUT2D eigenvalue weighted by Gasteiger charge is 2.39. The SMILES string of the molecule is C[C@@H]1CN(C(=O)[C@@H]2COc3ccccc3C2)C[C@@H]1N1CCOCC1. The highest BCUT2D eigenvalue weighted by molar-refractivity contribution is 5.80. The molecule has 0 saturated carbocycles. The molecule has 2 saturated heterocycles. The van der Waals surface area contributed by atoms with Gasteiger partial charge in [-0.25, -0.2) is 0 Å². The van der Waals surface area contributed by atoms with E-state index < -0.39 is 0 Å². The van der Waals surface area contributed by atoms with Gasteiger partial charge in [0.1, 0.15) is 12.4 Å². The summed E-state index contributed by atoms with van der Waals surface area (Å²) in [6.45, 7) is 8.06. The zero-order chi connectivity index (χ0) is 16.5. The van der Waals surface area contributed by atoms with Crippen molar-refractivity contribution in [1.29, 1.82) is 0 Å². The van der Waals surface area contributed by atoms with Gasteiger partial charge in [0.05, 0.1) is 19.1 Å². The molecule has 130 valence electrons. The van der Waals surface area contributed by atoms with E-state index in [0.717, 1.165) is 57.1 Å². The predicted octanol–water partition coefficient (Wildman–Crippen LogP) is 1.42. The van der Waals surface area contributed by atoms with Crippen molar-refractivity contribution in [3.63, 3.8) is 0 Å². The van der Waals surface area contributed by atoms with E-state index in [-0.39, 0.29) is 11.8 Å². The van der Waals surface area contributed by atoms with Gasteiger partial charge in [-0.3, -0.25) is 9.69 Å². The summed E-state index contributed by atoms with van der Waals surface area (Å²) in [5, 5.41) is 0. The molecule has 0 unspecified atom stereocenters. The fraction of sp³-hybridized carbons (Fsp3) is 0.632. The number of hydrogen-bond donors (Lipinski definition) is 0. The first kappa shape index (κ1) is 15.9. The third-order valence-corrected chi connectivity index (χ3v) is 5.63. The van der Waals surface area contributed by atoms with Gasteiger partial charge in [-0.1, -0.05) is 25.1 Å². The van der Waals surface area contributed by atoms with Gasteiger partial charge >= 0.3 is 0 Å². The van der Waals surface area contributed by atoms with Crippen molar-refractivity contribution in [1.82, 2.24) is 9.80 Å². The Morgan fingerprint density at radius 1 is 1.17 bits per heavy atom. The quantitative estimate of drug-likeness (QED) is 0.822. The van der Waals surface area contributed by atoms with Crippen LogP contribution in [0.3, 0.4) is 0 Å². The van der Waals surface area contributed by atoms with Crippen LogP contribution in [0.25, 0.3) is 0 Å². The monoisotopic (exact) mass is 330 g/mol. The molecule has 4 rings (SSSR count). The Hall–Kier alpha value is -1.59. The molecule has 3 atom stereocenters. The van der Waals surface area contributed by atoms with E-state index in [2.05, 4.69) is 22.8 Å². The molecule has 0 N–H and O–H groups in total.